The molecule has 10 nitrogen and oxygen atoms in total. The Morgan fingerprint density at radius 1 is 0.975 bits per heavy atom. The number of H-pyrrole nitrogens is 1. The van der Waals surface area contributed by atoms with E-state index in [4.69, 9.17) is 21.1 Å². The Morgan fingerprint density at radius 3 is 2.60 bits per heavy atom. The molecule has 4 N–H and O–H groups in total. The Morgan fingerprint density at radius 2 is 1.75 bits per heavy atom. The van der Waals surface area contributed by atoms with Crippen molar-refractivity contribution in [3.05, 3.63) is 58.7 Å². The van der Waals surface area contributed by atoms with Gasteiger partial charge in [0.15, 0.2) is 11.5 Å². The van der Waals surface area contributed by atoms with E-state index in [2.05, 4.69) is 25.8 Å². The Hall–Kier alpha value is -3.76. The summed E-state index contributed by atoms with van der Waals surface area (Å²) in [7, 11) is 0. The highest BCUT2D eigenvalue weighted by Gasteiger charge is 2.26. The van der Waals surface area contributed by atoms with E-state index < -0.39 is 18.0 Å². The van der Waals surface area contributed by atoms with Crippen molar-refractivity contribution < 1.29 is 23.9 Å². The van der Waals surface area contributed by atoms with E-state index in [1.54, 1.807) is 13.0 Å². The highest BCUT2D eigenvalue weighted by molar-refractivity contribution is 6.31. The van der Waals surface area contributed by atoms with Crippen LogP contribution in [-0.4, -0.2) is 66.1 Å². The van der Waals surface area contributed by atoms with Gasteiger partial charge in [0.2, 0.25) is 24.5 Å². The molecule has 0 unspecified atom stereocenters. The minimum atomic E-state index is -0.792. The van der Waals surface area contributed by atoms with Crippen molar-refractivity contribution in [2.75, 3.05) is 26.4 Å². The van der Waals surface area contributed by atoms with Gasteiger partial charge in [-0.25, -0.2) is 0 Å². The van der Waals surface area contributed by atoms with Crippen LogP contribution in [0.15, 0.2) is 42.6 Å². The van der Waals surface area contributed by atoms with E-state index in [1.165, 1.54) is 0 Å². The second-order valence-corrected chi connectivity index (χ2v) is 10.6. The van der Waals surface area contributed by atoms with Crippen molar-refractivity contribution >= 4 is 40.2 Å². The first-order valence-corrected chi connectivity index (χ1v) is 14.0. The first-order chi connectivity index (χ1) is 19.4. The molecule has 3 heterocycles. The number of amides is 3. The number of benzene rings is 2. The second-order valence-electron chi connectivity index (χ2n) is 10.2. The van der Waals surface area contributed by atoms with Gasteiger partial charge in [-0.2, -0.15) is 0 Å². The number of carbonyl (C=O) groups is 3. The van der Waals surface area contributed by atoms with Gasteiger partial charge in [-0.3, -0.25) is 19.3 Å². The lowest BCUT2D eigenvalue weighted by Gasteiger charge is -2.23. The van der Waals surface area contributed by atoms with Crippen LogP contribution in [-0.2, 0) is 27.3 Å². The zero-order valence-electron chi connectivity index (χ0n) is 22.4. The van der Waals surface area contributed by atoms with Gasteiger partial charge in [0.1, 0.15) is 12.1 Å². The van der Waals surface area contributed by atoms with Crippen molar-refractivity contribution in [2.24, 2.45) is 0 Å². The number of para-hydroxylation sites is 1. The summed E-state index contributed by atoms with van der Waals surface area (Å²) in [4.78, 5) is 44.3. The first kappa shape index (κ1) is 27.8. The number of hydrogen-bond acceptors (Lipinski definition) is 6. The lowest BCUT2D eigenvalue weighted by molar-refractivity contribution is -0.131. The lowest BCUT2D eigenvalue weighted by atomic mass is 10.0. The molecule has 0 saturated carbocycles. The molecule has 0 bridgehead atoms. The maximum absolute atomic E-state index is 13.3. The number of nitrogens with zero attached hydrogens (tertiary/aromatic N) is 1. The number of aromatic nitrogens is 1. The van der Waals surface area contributed by atoms with Crippen LogP contribution in [0.2, 0.25) is 5.02 Å². The number of aromatic amines is 1. The van der Waals surface area contributed by atoms with Crippen molar-refractivity contribution in [2.45, 2.75) is 51.2 Å². The van der Waals surface area contributed by atoms with Crippen molar-refractivity contribution in [3.63, 3.8) is 0 Å². The average molecular weight is 568 g/mol. The summed E-state index contributed by atoms with van der Waals surface area (Å²) in [6.07, 6.45) is 3.75. The predicted octanol–water partition coefficient (Wildman–Crippen LogP) is 2.88. The van der Waals surface area contributed by atoms with Crippen LogP contribution < -0.4 is 25.4 Å². The molecule has 2 aliphatic rings. The SMILES string of the molecule is C[C@@H]1NC(=O)CCCN(Cc2cc3c(cc2Cl)OCO3)CCCNC(=O)[C@@H](Cc2c[nH]c3ccccc23)NC1=O. The summed E-state index contributed by atoms with van der Waals surface area (Å²) >= 11 is 6.52. The van der Waals surface area contributed by atoms with Crippen LogP contribution in [0.25, 0.3) is 10.9 Å². The Labute approximate surface area is 237 Å². The van der Waals surface area contributed by atoms with Gasteiger partial charge < -0.3 is 30.4 Å². The number of carbonyl (C=O) groups excluding carboxylic acids is 3. The molecule has 3 aromatic rings. The van der Waals surface area contributed by atoms with Crippen LogP contribution in [0.1, 0.15) is 37.3 Å². The third-order valence-corrected chi connectivity index (χ3v) is 7.62. The van der Waals surface area contributed by atoms with E-state index in [0.717, 1.165) is 22.0 Å². The highest BCUT2D eigenvalue weighted by atomic mass is 35.5. The molecule has 1 aromatic heterocycles. The standard InChI is InChI=1S/C29H34ClN5O5/c1-18-28(37)34-24(12-19-15-32-23-7-3-2-6-21(19)23)29(38)31-9-5-11-35(10-4-8-27(36)33-18)16-20-13-25-26(14-22(20)30)40-17-39-25/h2-3,6-7,13-15,18,24,32H,4-5,8-12,16-17H2,1H3,(H,31,38)(H,33,36)(H,34,37)/t18-,24+/m0/s1. The topological polar surface area (TPSA) is 125 Å². The monoisotopic (exact) mass is 567 g/mol. The molecule has 1 saturated heterocycles. The molecule has 0 aliphatic carbocycles. The maximum Gasteiger partial charge on any atom is 0.242 e. The fraction of sp³-hybridized carbons (Fsp3) is 0.414. The van der Waals surface area contributed by atoms with E-state index in [9.17, 15) is 14.4 Å². The maximum atomic E-state index is 13.3. The van der Waals surface area contributed by atoms with Gasteiger partial charge in [-0.1, -0.05) is 29.8 Å². The Bertz CT molecular complexity index is 1390. The summed E-state index contributed by atoms with van der Waals surface area (Å²) in [5, 5.41) is 10.2. The number of fused-ring (bicyclic) bond motifs is 2. The predicted molar refractivity (Wildman–Crippen MR) is 151 cm³/mol. The summed E-state index contributed by atoms with van der Waals surface area (Å²) in [6, 6.07) is 9.91. The fourth-order valence-corrected chi connectivity index (χ4v) is 5.31. The van der Waals surface area contributed by atoms with Gasteiger partial charge >= 0.3 is 0 Å². The molecule has 212 valence electrons. The molecule has 2 aliphatic heterocycles. The van der Waals surface area contributed by atoms with Gasteiger partial charge in [-0.05, 0) is 49.6 Å². The lowest BCUT2D eigenvalue weighted by Crippen LogP contribution is -2.53. The van der Waals surface area contributed by atoms with Gasteiger partial charge in [0.05, 0.1) is 0 Å². The number of hydrogen-bond donors (Lipinski definition) is 4. The summed E-state index contributed by atoms with van der Waals surface area (Å²) in [5.41, 5.74) is 2.79. The molecule has 11 heteroatoms. The molecular weight excluding hydrogens is 534 g/mol. The van der Waals surface area contributed by atoms with Crippen molar-refractivity contribution in [3.8, 4) is 11.5 Å². The molecule has 0 radical (unpaired) electrons. The second kappa shape index (κ2) is 12.6. The van der Waals surface area contributed by atoms with E-state index in [1.807, 2.05) is 36.5 Å². The molecule has 3 amide bonds. The molecular formula is C29H34ClN5O5. The van der Waals surface area contributed by atoms with Crippen molar-refractivity contribution in [1.82, 2.24) is 25.8 Å². The largest absolute Gasteiger partial charge is 0.454 e. The third kappa shape index (κ3) is 6.68. The molecule has 40 heavy (non-hydrogen) atoms. The Kier molecular flexibility index (Phi) is 8.76. The van der Waals surface area contributed by atoms with E-state index >= 15 is 0 Å². The van der Waals surface area contributed by atoms with Crippen molar-refractivity contribution in [1.29, 1.82) is 0 Å². The smallest absolute Gasteiger partial charge is 0.242 e. The number of nitrogens with one attached hydrogen (secondary N) is 4. The zero-order chi connectivity index (χ0) is 28.1. The van der Waals surface area contributed by atoms with Crippen LogP contribution in [0, 0.1) is 0 Å². The van der Waals surface area contributed by atoms with Crippen LogP contribution in [0.5, 0.6) is 11.5 Å². The number of halogens is 1. The molecule has 2 aromatic carbocycles. The number of ether oxygens (including phenoxy) is 2. The highest BCUT2D eigenvalue weighted by Crippen LogP contribution is 2.37. The minimum Gasteiger partial charge on any atom is -0.454 e. The Balaban J connectivity index is 1.29. The molecule has 0 spiro atoms. The number of rotatable bonds is 4. The minimum absolute atomic E-state index is 0.171. The van der Waals surface area contributed by atoms with Crippen LogP contribution >= 0.6 is 11.6 Å². The van der Waals surface area contributed by atoms with Crippen LogP contribution in [0.3, 0.4) is 0 Å². The normalized spacial score (nSPS) is 21.3. The third-order valence-electron chi connectivity index (χ3n) is 7.27. The van der Waals surface area contributed by atoms with Gasteiger partial charge in [-0.15, -0.1) is 0 Å². The van der Waals surface area contributed by atoms with Gasteiger partial charge in [0, 0.05) is 60.7 Å². The fourth-order valence-electron chi connectivity index (χ4n) is 5.10. The average Bonchev–Trinajstić information content (AvgIpc) is 3.56. The van der Waals surface area contributed by atoms with Crippen LogP contribution in [0.4, 0.5) is 0 Å². The molecule has 1 fully saturated rings. The van der Waals surface area contributed by atoms with E-state index in [-0.39, 0.29) is 25.0 Å². The van der Waals surface area contributed by atoms with Gasteiger partial charge in [0.25, 0.3) is 0 Å². The summed E-state index contributed by atoms with van der Waals surface area (Å²) in [6.45, 7) is 4.13. The zero-order valence-corrected chi connectivity index (χ0v) is 23.2. The van der Waals surface area contributed by atoms with E-state index in [0.29, 0.717) is 62.0 Å². The summed E-state index contributed by atoms with van der Waals surface area (Å²) in [5.74, 6) is 0.414. The molecule has 5 rings (SSSR count). The molecule has 2 atom stereocenters. The quantitative estimate of drug-likeness (QED) is 0.384. The summed E-state index contributed by atoms with van der Waals surface area (Å²) < 4.78 is 10.9. The first-order valence-electron chi connectivity index (χ1n) is 13.6.